The van der Waals surface area contributed by atoms with Gasteiger partial charge in [-0.1, -0.05) is 0 Å². The van der Waals surface area contributed by atoms with Gasteiger partial charge in [0.2, 0.25) is 0 Å². The van der Waals surface area contributed by atoms with Crippen molar-refractivity contribution in [2.75, 3.05) is 90.6 Å². The minimum atomic E-state index is -2.93. The molecule has 0 radical (unpaired) electrons. The van der Waals surface area contributed by atoms with Gasteiger partial charge >= 0.3 is 5.97 Å². The Balaban J connectivity index is 1.52. The molecular formula is C21H31NO9S. The first-order chi connectivity index (χ1) is 15.5. The fraction of sp³-hybridized carbons (Fsp3) is 0.667. The highest BCUT2D eigenvalue weighted by atomic mass is 32.2. The third-order valence-corrected chi connectivity index (χ3v) is 6.58. The second kappa shape index (κ2) is 12.9. The van der Waals surface area contributed by atoms with Crippen molar-refractivity contribution in [3.63, 3.8) is 0 Å². The zero-order valence-corrected chi connectivity index (χ0v) is 19.0. The van der Waals surface area contributed by atoms with Crippen LogP contribution in [0.15, 0.2) is 18.2 Å². The van der Waals surface area contributed by atoms with E-state index < -0.39 is 15.8 Å². The number of hydrogen-bond acceptors (Lipinski definition) is 10. The van der Waals surface area contributed by atoms with Crippen LogP contribution >= 0.6 is 0 Å². The second-order valence-electron chi connectivity index (χ2n) is 7.32. The Labute approximate surface area is 188 Å². The van der Waals surface area contributed by atoms with Gasteiger partial charge in [0.1, 0.15) is 19.8 Å². The lowest BCUT2D eigenvalue weighted by molar-refractivity contribution is 0.00708. The van der Waals surface area contributed by atoms with E-state index in [4.69, 9.17) is 28.4 Å². The Morgan fingerprint density at radius 2 is 1.41 bits per heavy atom. The summed E-state index contributed by atoms with van der Waals surface area (Å²) in [6, 6.07) is 4.88. The van der Waals surface area contributed by atoms with Gasteiger partial charge < -0.3 is 28.4 Å². The summed E-state index contributed by atoms with van der Waals surface area (Å²) in [7, 11) is -2.93. The highest BCUT2D eigenvalue weighted by Gasteiger charge is 2.21. The molecule has 0 aliphatic carbocycles. The third kappa shape index (κ3) is 8.55. The molecule has 1 aromatic carbocycles. The van der Waals surface area contributed by atoms with Crippen molar-refractivity contribution in [3.8, 4) is 11.5 Å². The zero-order chi connectivity index (χ0) is 22.7. The highest BCUT2D eigenvalue weighted by molar-refractivity contribution is 7.91. The maximum atomic E-state index is 12.5. The van der Waals surface area contributed by atoms with Gasteiger partial charge in [0.15, 0.2) is 21.3 Å². The standard InChI is InChI=1S/C21H31NO9S/c23-21(31-6-3-22-4-15-32(24,25)16-5-22)18-1-2-19-20(17-18)30-14-12-28-10-8-26-7-9-27-11-13-29-19/h1-2,17H,3-16H2. The number of carbonyl (C=O) groups is 1. The first-order valence-electron chi connectivity index (χ1n) is 10.8. The number of esters is 1. The van der Waals surface area contributed by atoms with E-state index in [9.17, 15) is 13.2 Å². The Hall–Kier alpha value is -1.92. The molecule has 0 unspecified atom stereocenters. The van der Waals surface area contributed by atoms with Crippen molar-refractivity contribution in [2.24, 2.45) is 0 Å². The predicted molar refractivity (Wildman–Crippen MR) is 115 cm³/mol. The molecule has 0 atom stereocenters. The molecule has 0 N–H and O–H groups in total. The number of fused-ring (bicyclic) bond motifs is 1. The molecule has 180 valence electrons. The van der Waals surface area contributed by atoms with Crippen molar-refractivity contribution in [3.05, 3.63) is 23.8 Å². The Morgan fingerprint density at radius 3 is 2.03 bits per heavy atom. The van der Waals surface area contributed by atoms with E-state index in [1.54, 1.807) is 18.2 Å². The van der Waals surface area contributed by atoms with Crippen molar-refractivity contribution >= 4 is 15.8 Å². The summed E-state index contributed by atoms with van der Waals surface area (Å²) in [5.41, 5.74) is 0.344. The fourth-order valence-electron chi connectivity index (χ4n) is 3.15. The Morgan fingerprint density at radius 1 is 0.844 bits per heavy atom. The molecule has 0 aromatic heterocycles. The first kappa shape index (κ1) is 24.7. The maximum absolute atomic E-state index is 12.5. The lowest BCUT2D eigenvalue weighted by Gasteiger charge is -2.26. The number of hydrogen-bond donors (Lipinski definition) is 0. The molecule has 0 spiro atoms. The second-order valence-corrected chi connectivity index (χ2v) is 9.63. The van der Waals surface area contributed by atoms with Crippen LogP contribution in [-0.4, -0.2) is 110 Å². The van der Waals surface area contributed by atoms with Crippen LogP contribution in [0.3, 0.4) is 0 Å². The number of ether oxygens (including phenoxy) is 6. The summed E-state index contributed by atoms with van der Waals surface area (Å²) in [6.45, 7) is 4.92. The molecular weight excluding hydrogens is 442 g/mol. The van der Waals surface area contributed by atoms with E-state index in [2.05, 4.69) is 0 Å². The molecule has 0 saturated carbocycles. The third-order valence-electron chi connectivity index (χ3n) is 4.97. The topological polar surface area (TPSA) is 110 Å². The zero-order valence-electron chi connectivity index (χ0n) is 18.2. The molecule has 32 heavy (non-hydrogen) atoms. The van der Waals surface area contributed by atoms with Gasteiger partial charge in [-0.2, -0.15) is 0 Å². The van der Waals surface area contributed by atoms with Crippen LogP contribution < -0.4 is 9.47 Å². The summed E-state index contributed by atoms with van der Waals surface area (Å²) >= 11 is 0. The van der Waals surface area contributed by atoms with Crippen LogP contribution in [0.2, 0.25) is 0 Å². The number of carbonyl (C=O) groups excluding carboxylic acids is 1. The van der Waals surface area contributed by atoms with Gasteiger partial charge in [-0.25, -0.2) is 13.2 Å². The first-order valence-corrected chi connectivity index (χ1v) is 12.6. The minimum Gasteiger partial charge on any atom is -0.487 e. The monoisotopic (exact) mass is 473 g/mol. The van der Waals surface area contributed by atoms with E-state index in [1.165, 1.54) is 0 Å². The molecule has 2 heterocycles. The minimum absolute atomic E-state index is 0.144. The average Bonchev–Trinajstić information content (AvgIpc) is 2.79. The largest absolute Gasteiger partial charge is 0.487 e. The molecule has 0 bridgehead atoms. The van der Waals surface area contributed by atoms with E-state index in [-0.39, 0.29) is 18.1 Å². The van der Waals surface area contributed by atoms with Crippen LogP contribution in [0.25, 0.3) is 0 Å². The molecule has 2 aliphatic heterocycles. The fourth-order valence-corrected chi connectivity index (χ4v) is 4.43. The van der Waals surface area contributed by atoms with Crippen LogP contribution in [0, 0.1) is 0 Å². The van der Waals surface area contributed by atoms with Crippen LogP contribution in [0.1, 0.15) is 10.4 Å². The van der Waals surface area contributed by atoms with Crippen molar-refractivity contribution in [1.29, 1.82) is 0 Å². The summed E-state index contributed by atoms with van der Waals surface area (Å²) in [6.07, 6.45) is 0. The lowest BCUT2D eigenvalue weighted by atomic mass is 10.2. The Bertz CT molecular complexity index is 817. The molecule has 10 nitrogen and oxygen atoms in total. The average molecular weight is 474 g/mol. The molecule has 0 amide bonds. The number of benzene rings is 1. The summed E-state index contributed by atoms with van der Waals surface area (Å²) < 4.78 is 56.2. The molecule has 2 aliphatic rings. The molecule has 11 heteroatoms. The van der Waals surface area contributed by atoms with E-state index in [0.717, 1.165) is 0 Å². The van der Waals surface area contributed by atoms with Gasteiger partial charge in [0.25, 0.3) is 0 Å². The van der Waals surface area contributed by atoms with Gasteiger partial charge in [0, 0.05) is 19.6 Å². The Kier molecular flexibility index (Phi) is 10.0. The van der Waals surface area contributed by atoms with Gasteiger partial charge in [-0.15, -0.1) is 0 Å². The molecule has 3 rings (SSSR count). The van der Waals surface area contributed by atoms with Crippen molar-refractivity contribution in [2.45, 2.75) is 0 Å². The molecule has 1 fully saturated rings. The summed E-state index contributed by atoms with van der Waals surface area (Å²) in [4.78, 5) is 14.5. The van der Waals surface area contributed by atoms with Crippen LogP contribution in [0.4, 0.5) is 0 Å². The predicted octanol–water partition coefficient (Wildman–Crippen LogP) is 0.395. The van der Waals surface area contributed by atoms with Crippen molar-refractivity contribution in [1.82, 2.24) is 4.90 Å². The molecule has 1 saturated heterocycles. The maximum Gasteiger partial charge on any atom is 0.338 e. The number of sulfone groups is 1. The van der Waals surface area contributed by atoms with Crippen LogP contribution in [0.5, 0.6) is 11.5 Å². The van der Waals surface area contributed by atoms with Gasteiger partial charge in [-0.05, 0) is 18.2 Å². The van der Waals surface area contributed by atoms with Crippen LogP contribution in [-0.2, 0) is 28.8 Å². The lowest BCUT2D eigenvalue weighted by Crippen LogP contribution is -2.41. The SMILES string of the molecule is O=C(OCCN1CCS(=O)(=O)CC1)c1ccc2c(c1)OCCOCCOCCOCCO2. The van der Waals surface area contributed by atoms with E-state index >= 15 is 0 Å². The summed E-state index contributed by atoms with van der Waals surface area (Å²) in [5, 5.41) is 0. The van der Waals surface area contributed by atoms with E-state index in [1.807, 2.05) is 4.90 Å². The summed E-state index contributed by atoms with van der Waals surface area (Å²) in [5.74, 6) is 0.741. The quantitative estimate of drug-likeness (QED) is 0.570. The highest BCUT2D eigenvalue weighted by Crippen LogP contribution is 2.29. The number of rotatable bonds is 4. The number of nitrogens with zero attached hydrogens (tertiary/aromatic N) is 1. The smallest absolute Gasteiger partial charge is 0.338 e. The van der Waals surface area contributed by atoms with Gasteiger partial charge in [0.05, 0.1) is 56.7 Å². The van der Waals surface area contributed by atoms with E-state index in [0.29, 0.717) is 89.6 Å². The van der Waals surface area contributed by atoms with Crippen molar-refractivity contribution < 1.29 is 41.6 Å². The molecule has 1 aromatic rings. The van der Waals surface area contributed by atoms with Gasteiger partial charge in [-0.3, -0.25) is 4.90 Å². The normalized spacial score (nSPS) is 21.1.